The normalized spacial score (nSPS) is 9.87. The first-order valence-corrected chi connectivity index (χ1v) is 4.10. The molecule has 0 heterocycles. The Labute approximate surface area is 85.2 Å². The first kappa shape index (κ1) is 11.1. The summed E-state index contributed by atoms with van der Waals surface area (Å²) in [5.41, 5.74) is 0.653. The Hall–Kier alpha value is -1.95. The second kappa shape index (κ2) is 5.06. The predicted molar refractivity (Wildman–Crippen MR) is 47.8 cm³/mol. The second-order valence-electron chi connectivity index (χ2n) is 2.79. The average Bonchev–Trinajstić information content (AvgIpc) is 2.18. The molecule has 0 spiro atoms. The number of hydrogen-bond acceptors (Lipinski definition) is 5. The van der Waals surface area contributed by atoms with Crippen molar-refractivity contribution in [3.05, 3.63) is 39.9 Å². The number of carbonyl (C=O) groups excluding carboxylic acids is 1. The number of nitrogens with zero attached hydrogens (tertiary/aromatic N) is 1. The third-order valence-electron chi connectivity index (χ3n) is 1.64. The number of carbonyl (C=O) groups is 1. The van der Waals surface area contributed by atoms with E-state index < -0.39 is 17.5 Å². The SMILES string of the molecule is O=C([O-])COCc1ccc([N+](=O)[O-])cc1. The summed E-state index contributed by atoms with van der Waals surface area (Å²) in [6.45, 7) is -0.400. The van der Waals surface area contributed by atoms with E-state index in [1.54, 1.807) is 0 Å². The van der Waals surface area contributed by atoms with Crippen molar-refractivity contribution in [3.8, 4) is 0 Å². The van der Waals surface area contributed by atoms with E-state index in [0.29, 0.717) is 5.56 Å². The summed E-state index contributed by atoms with van der Waals surface area (Å²) in [5, 5.41) is 20.3. The minimum atomic E-state index is -1.29. The molecule has 0 aromatic heterocycles. The Morgan fingerprint density at radius 1 is 1.33 bits per heavy atom. The first-order chi connectivity index (χ1) is 7.09. The van der Waals surface area contributed by atoms with Gasteiger partial charge in [0.2, 0.25) is 0 Å². The van der Waals surface area contributed by atoms with Crippen LogP contribution in [-0.4, -0.2) is 17.5 Å². The molecule has 6 nitrogen and oxygen atoms in total. The average molecular weight is 210 g/mol. The maximum Gasteiger partial charge on any atom is 0.269 e. The zero-order chi connectivity index (χ0) is 11.3. The zero-order valence-corrected chi connectivity index (χ0v) is 7.71. The third-order valence-corrected chi connectivity index (χ3v) is 1.64. The van der Waals surface area contributed by atoms with Crippen LogP contribution in [0.25, 0.3) is 0 Å². The fourth-order valence-electron chi connectivity index (χ4n) is 0.966. The number of carboxylic acids is 1. The topological polar surface area (TPSA) is 92.5 Å². The van der Waals surface area contributed by atoms with Crippen molar-refractivity contribution in [2.45, 2.75) is 6.61 Å². The van der Waals surface area contributed by atoms with Crippen LogP contribution in [0, 0.1) is 10.1 Å². The molecule has 1 aromatic carbocycles. The van der Waals surface area contributed by atoms with E-state index in [1.165, 1.54) is 24.3 Å². The number of nitro benzene ring substituents is 1. The molecule has 0 aliphatic rings. The zero-order valence-electron chi connectivity index (χ0n) is 7.71. The van der Waals surface area contributed by atoms with Gasteiger partial charge in [0, 0.05) is 12.1 Å². The van der Waals surface area contributed by atoms with Gasteiger partial charge in [-0.15, -0.1) is 0 Å². The van der Waals surface area contributed by atoms with Crippen molar-refractivity contribution in [1.82, 2.24) is 0 Å². The number of carboxylic acid groups (broad SMARTS) is 1. The number of hydrogen-bond donors (Lipinski definition) is 0. The largest absolute Gasteiger partial charge is 0.548 e. The minimum Gasteiger partial charge on any atom is -0.548 e. The number of nitro groups is 1. The summed E-state index contributed by atoms with van der Waals surface area (Å²) in [4.78, 5) is 19.8. The summed E-state index contributed by atoms with van der Waals surface area (Å²) < 4.78 is 4.75. The molecule has 80 valence electrons. The summed E-state index contributed by atoms with van der Waals surface area (Å²) in [7, 11) is 0. The first-order valence-electron chi connectivity index (χ1n) is 4.10. The van der Waals surface area contributed by atoms with Gasteiger partial charge in [0.1, 0.15) is 0 Å². The molecular weight excluding hydrogens is 202 g/mol. The Morgan fingerprint density at radius 2 is 1.93 bits per heavy atom. The molecule has 15 heavy (non-hydrogen) atoms. The van der Waals surface area contributed by atoms with Gasteiger partial charge in [-0.3, -0.25) is 10.1 Å². The Balaban J connectivity index is 2.50. The van der Waals surface area contributed by atoms with Crippen molar-refractivity contribution >= 4 is 11.7 Å². The van der Waals surface area contributed by atoms with Crippen molar-refractivity contribution in [1.29, 1.82) is 0 Å². The van der Waals surface area contributed by atoms with Gasteiger partial charge in [0.05, 0.1) is 24.1 Å². The highest BCUT2D eigenvalue weighted by molar-refractivity contribution is 5.65. The molecule has 1 rings (SSSR count). The van der Waals surface area contributed by atoms with Crippen LogP contribution < -0.4 is 5.11 Å². The fourth-order valence-corrected chi connectivity index (χ4v) is 0.966. The van der Waals surface area contributed by atoms with Crippen molar-refractivity contribution in [2.24, 2.45) is 0 Å². The molecule has 0 amide bonds. The van der Waals surface area contributed by atoms with Crippen molar-refractivity contribution < 1.29 is 19.6 Å². The molecule has 0 atom stereocenters. The van der Waals surface area contributed by atoms with Gasteiger partial charge in [-0.1, -0.05) is 0 Å². The lowest BCUT2D eigenvalue weighted by Gasteiger charge is -2.04. The fraction of sp³-hybridized carbons (Fsp3) is 0.222. The molecule has 1 aromatic rings. The minimum absolute atomic E-state index is 0.0151. The van der Waals surface area contributed by atoms with E-state index in [-0.39, 0.29) is 12.3 Å². The number of non-ortho nitro benzene ring substituents is 1. The van der Waals surface area contributed by atoms with Crippen LogP contribution in [0.4, 0.5) is 5.69 Å². The summed E-state index contributed by atoms with van der Waals surface area (Å²) in [6.07, 6.45) is 0. The van der Waals surface area contributed by atoms with E-state index in [2.05, 4.69) is 0 Å². The van der Waals surface area contributed by atoms with Gasteiger partial charge in [-0.25, -0.2) is 0 Å². The maximum atomic E-state index is 10.3. The number of benzene rings is 1. The maximum absolute atomic E-state index is 10.3. The van der Waals surface area contributed by atoms with Crippen LogP contribution in [0.15, 0.2) is 24.3 Å². The Kier molecular flexibility index (Phi) is 3.75. The van der Waals surface area contributed by atoms with E-state index >= 15 is 0 Å². The van der Waals surface area contributed by atoms with Crippen LogP contribution in [0.2, 0.25) is 0 Å². The molecule has 0 aliphatic heterocycles. The highest BCUT2D eigenvalue weighted by atomic mass is 16.6. The van der Waals surface area contributed by atoms with Gasteiger partial charge in [0.15, 0.2) is 0 Å². The number of ether oxygens (including phenoxy) is 1. The van der Waals surface area contributed by atoms with Gasteiger partial charge >= 0.3 is 0 Å². The number of aliphatic carboxylic acids is 1. The highest BCUT2D eigenvalue weighted by Crippen LogP contribution is 2.12. The van der Waals surface area contributed by atoms with E-state index in [0.717, 1.165) is 0 Å². The van der Waals surface area contributed by atoms with Crippen LogP contribution in [0.3, 0.4) is 0 Å². The lowest BCUT2D eigenvalue weighted by atomic mass is 10.2. The van der Waals surface area contributed by atoms with E-state index in [4.69, 9.17) is 4.74 Å². The lowest BCUT2D eigenvalue weighted by Crippen LogP contribution is -2.27. The summed E-state index contributed by atoms with van der Waals surface area (Å²) >= 11 is 0. The molecule has 0 radical (unpaired) electrons. The summed E-state index contributed by atoms with van der Waals surface area (Å²) in [5.74, 6) is -1.29. The molecule has 0 saturated carbocycles. The molecular formula is C9H8NO5-. The quantitative estimate of drug-likeness (QED) is 0.498. The smallest absolute Gasteiger partial charge is 0.269 e. The molecule has 0 fully saturated rings. The lowest BCUT2D eigenvalue weighted by molar-refractivity contribution is -0.384. The predicted octanol–water partition coefficient (Wildman–Crippen LogP) is -0.139. The van der Waals surface area contributed by atoms with Gasteiger partial charge in [0.25, 0.3) is 5.69 Å². The highest BCUT2D eigenvalue weighted by Gasteiger charge is 2.03. The molecule has 0 unspecified atom stereocenters. The van der Waals surface area contributed by atoms with Gasteiger partial charge < -0.3 is 14.6 Å². The standard InChI is InChI=1S/C9H9NO5/c11-9(12)6-15-5-7-1-3-8(4-2-7)10(13)14/h1-4H,5-6H2,(H,11,12)/p-1. The third kappa shape index (κ3) is 3.74. The summed E-state index contributed by atoms with van der Waals surface area (Å²) in [6, 6.07) is 5.68. The van der Waals surface area contributed by atoms with E-state index in [9.17, 15) is 20.0 Å². The van der Waals surface area contributed by atoms with Crippen LogP contribution in [-0.2, 0) is 16.1 Å². The van der Waals surface area contributed by atoms with Gasteiger partial charge in [-0.05, 0) is 17.7 Å². The number of rotatable bonds is 5. The van der Waals surface area contributed by atoms with Crippen molar-refractivity contribution in [3.63, 3.8) is 0 Å². The Bertz CT molecular complexity index is 359. The molecule has 0 bridgehead atoms. The van der Waals surface area contributed by atoms with Crippen LogP contribution in [0.1, 0.15) is 5.56 Å². The van der Waals surface area contributed by atoms with Crippen LogP contribution >= 0.6 is 0 Å². The monoisotopic (exact) mass is 210 g/mol. The van der Waals surface area contributed by atoms with Gasteiger partial charge in [-0.2, -0.15) is 0 Å². The molecule has 6 heteroatoms. The van der Waals surface area contributed by atoms with Crippen LogP contribution in [0.5, 0.6) is 0 Å². The Morgan fingerprint density at radius 3 is 2.40 bits per heavy atom. The molecule has 0 N–H and O–H groups in total. The van der Waals surface area contributed by atoms with E-state index in [1.807, 2.05) is 0 Å². The molecule has 0 saturated heterocycles. The second-order valence-corrected chi connectivity index (χ2v) is 2.79. The van der Waals surface area contributed by atoms with Crippen molar-refractivity contribution in [2.75, 3.05) is 6.61 Å². The molecule has 0 aliphatic carbocycles.